The number of carbonyl (C=O) groups excluding carboxylic acids is 1. The molecule has 8 rings (SSSR count). The van der Waals surface area contributed by atoms with Gasteiger partial charge in [-0.3, -0.25) is 9.69 Å². The van der Waals surface area contributed by atoms with Gasteiger partial charge in [0.05, 0.1) is 47.4 Å². The molecule has 11 heteroatoms. The summed E-state index contributed by atoms with van der Waals surface area (Å²) in [6.07, 6.45) is 1.83. The summed E-state index contributed by atoms with van der Waals surface area (Å²) >= 11 is 1.22. The zero-order chi connectivity index (χ0) is 35.1. The zero-order valence-corrected chi connectivity index (χ0v) is 29.0. The number of hydrogen-bond acceptors (Lipinski definition) is 7. The molecule has 6 aromatic rings. The Balaban J connectivity index is 1.20. The summed E-state index contributed by atoms with van der Waals surface area (Å²) in [6, 6.07) is 26.2. The van der Waals surface area contributed by atoms with Crippen LogP contribution in [0.25, 0.3) is 54.8 Å². The third-order valence-corrected chi connectivity index (χ3v) is 11.2. The van der Waals surface area contributed by atoms with Gasteiger partial charge in [-0.15, -0.1) is 11.3 Å². The molecule has 5 heterocycles. The average Bonchev–Trinajstić information content (AvgIpc) is 3.74. The van der Waals surface area contributed by atoms with Gasteiger partial charge >= 0.3 is 5.97 Å². The van der Waals surface area contributed by atoms with E-state index in [0.717, 1.165) is 71.6 Å². The van der Waals surface area contributed by atoms with Gasteiger partial charge in [0.15, 0.2) is 0 Å². The first-order chi connectivity index (χ1) is 24.9. The number of aromatic nitrogens is 2. The Hall–Kier alpha value is -5.10. The monoisotopic (exact) mass is 704 g/mol. The van der Waals surface area contributed by atoms with E-state index in [-0.39, 0.29) is 23.1 Å². The maximum absolute atomic E-state index is 14.8. The molecule has 3 aromatic carbocycles. The first kappa shape index (κ1) is 33.1. The van der Waals surface area contributed by atoms with Crippen molar-refractivity contribution < 1.29 is 28.6 Å². The number of aromatic carboxylic acids is 1. The van der Waals surface area contributed by atoms with Crippen molar-refractivity contribution >= 4 is 44.3 Å². The van der Waals surface area contributed by atoms with Crippen LogP contribution in [-0.2, 0) is 16.1 Å². The molecule has 3 aromatic heterocycles. The lowest BCUT2D eigenvalue weighted by molar-refractivity contribution is -0.133. The molecule has 2 aliphatic rings. The summed E-state index contributed by atoms with van der Waals surface area (Å²) in [6.45, 7) is 4.78. The maximum atomic E-state index is 14.8. The highest BCUT2D eigenvalue weighted by Gasteiger charge is 2.30. The lowest BCUT2D eigenvalue weighted by atomic mass is 9.99. The maximum Gasteiger partial charge on any atom is 0.345 e. The highest BCUT2D eigenvalue weighted by atomic mass is 32.1. The topological polar surface area (TPSA) is 97.1 Å². The highest BCUT2D eigenvalue weighted by molar-refractivity contribution is 7.21. The molecule has 0 saturated carbocycles. The van der Waals surface area contributed by atoms with Crippen LogP contribution in [0, 0.1) is 5.82 Å². The molecule has 51 heavy (non-hydrogen) atoms. The summed E-state index contributed by atoms with van der Waals surface area (Å²) < 4.78 is 28.5. The van der Waals surface area contributed by atoms with Crippen molar-refractivity contribution in [3.63, 3.8) is 0 Å². The SMILES string of the molecule is COc1ccc(F)c(-c2ccc3cc(-c4c(-c5ccccc5)c5sc(C(=O)O)cc5n4CC(=O)N4CCC(N5CCOCC5)CC4)ccc3n2)c1. The van der Waals surface area contributed by atoms with Gasteiger partial charge in [0.25, 0.3) is 0 Å². The van der Waals surface area contributed by atoms with E-state index >= 15 is 0 Å². The summed E-state index contributed by atoms with van der Waals surface area (Å²) in [5.41, 5.74) is 5.74. The predicted octanol–water partition coefficient (Wildman–Crippen LogP) is 7.42. The molecule has 1 N–H and O–H groups in total. The third-order valence-electron chi connectivity index (χ3n) is 10.1. The van der Waals surface area contributed by atoms with E-state index in [0.29, 0.717) is 47.2 Å². The van der Waals surface area contributed by atoms with E-state index in [1.165, 1.54) is 17.4 Å². The van der Waals surface area contributed by atoms with Crippen molar-refractivity contribution in [2.45, 2.75) is 25.4 Å². The van der Waals surface area contributed by atoms with E-state index < -0.39 is 5.97 Å². The van der Waals surface area contributed by atoms with Gasteiger partial charge in [-0.25, -0.2) is 14.2 Å². The zero-order valence-electron chi connectivity index (χ0n) is 28.2. The van der Waals surface area contributed by atoms with E-state index in [1.54, 1.807) is 31.4 Å². The number of benzene rings is 3. The van der Waals surface area contributed by atoms with Gasteiger partial charge in [-0.05, 0) is 66.4 Å². The molecule has 0 aliphatic carbocycles. The minimum atomic E-state index is -1.00. The Labute approximate surface area is 298 Å². The number of fused-ring (bicyclic) bond motifs is 2. The minimum Gasteiger partial charge on any atom is -0.497 e. The second-order valence-corrected chi connectivity index (χ2v) is 14.1. The molecule has 0 unspecified atom stereocenters. The fraction of sp³-hybridized carbons (Fsp3) is 0.275. The van der Waals surface area contributed by atoms with Crippen molar-refractivity contribution in [2.24, 2.45) is 0 Å². The number of nitrogens with zero attached hydrogens (tertiary/aromatic N) is 4. The number of ether oxygens (including phenoxy) is 2. The fourth-order valence-electron chi connectivity index (χ4n) is 7.48. The van der Waals surface area contributed by atoms with Gasteiger partial charge in [-0.2, -0.15) is 0 Å². The molecular formula is C40H37FN4O5S. The number of pyridine rings is 1. The van der Waals surface area contributed by atoms with E-state index in [4.69, 9.17) is 14.5 Å². The van der Waals surface area contributed by atoms with Crippen molar-refractivity contribution in [3.8, 4) is 39.4 Å². The fourth-order valence-corrected chi connectivity index (χ4v) is 8.54. The number of likely N-dealkylation sites (tertiary alicyclic amines) is 1. The Morgan fingerprint density at radius 2 is 1.73 bits per heavy atom. The predicted molar refractivity (Wildman–Crippen MR) is 197 cm³/mol. The summed E-state index contributed by atoms with van der Waals surface area (Å²) in [4.78, 5) is 35.8. The first-order valence-electron chi connectivity index (χ1n) is 17.2. The molecule has 0 bridgehead atoms. The average molecular weight is 705 g/mol. The molecule has 0 spiro atoms. The van der Waals surface area contributed by atoms with Gasteiger partial charge in [0.2, 0.25) is 5.91 Å². The number of rotatable bonds is 8. The lowest BCUT2D eigenvalue weighted by Gasteiger charge is -2.40. The Kier molecular flexibility index (Phi) is 9.01. The number of carboxylic acid groups (broad SMARTS) is 1. The van der Waals surface area contributed by atoms with Crippen LogP contribution in [0.3, 0.4) is 0 Å². The molecule has 2 aliphatic heterocycles. The number of thiophene rings is 1. The summed E-state index contributed by atoms with van der Waals surface area (Å²) in [5, 5.41) is 10.9. The van der Waals surface area contributed by atoms with Crippen LogP contribution in [0.5, 0.6) is 5.75 Å². The van der Waals surface area contributed by atoms with Gasteiger partial charge < -0.3 is 24.0 Å². The second kappa shape index (κ2) is 13.9. The van der Waals surface area contributed by atoms with E-state index in [2.05, 4.69) is 4.90 Å². The summed E-state index contributed by atoms with van der Waals surface area (Å²) in [5.74, 6) is -0.844. The van der Waals surface area contributed by atoms with E-state index in [9.17, 15) is 19.1 Å². The van der Waals surface area contributed by atoms with Crippen molar-refractivity contribution in [3.05, 3.63) is 95.6 Å². The number of halogens is 1. The molecular weight excluding hydrogens is 668 g/mol. The van der Waals surface area contributed by atoms with Crippen molar-refractivity contribution in [2.75, 3.05) is 46.5 Å². The Bertz CT molecular complexity index is 2250. The van der Waals surface area contributed by atoms with Crippen LogP contribution < -0.4 is 4.74 Å². The van der Waals surface area contributed by atoms with Gasteiger partial charge in [0, 0.05) is 48.7 Å². The van der Waals surface area contributed by atoms with Crippen LogP contribution in [0.15, 0.2) is 84.9 Å². The van der Waals surface area contributed by atoms with Crippen LogP contribution in [-0.4, -0.2) is 88.9 Å². The van der Waals surface area contributed by atoms with Crippen molar-refractivity contribution in [1.82, 2.24) is 19.4 Å². The number of hydrogen-bond donors (Lipinski definition) is 1. The van der Waals surface area contributed by atoms with Crippen LogP contribution >= 0.6 is 11.3 Å². The second-order valence-electron chi connectivity index (χ2n) is 13.0. The standard InChI is InChI=1S/C40H37FN4O5S/c1-49-29-9-10-31(41)30(22-29)33-12-7-26-21-27(8-11-32(26)42-33)38-37(25-5-3-2-4-6-25)39-34(23-35(51-39)40(47)48)45(38)24-36(46)44-15-13-28(14-16-44)43-17-19-50-20-18-43/h2-12,21-23,28H,13-20,24H2,1H3,(H,47,48). The van der Waals surface area contributed by atoms with Crippen molar-refractivity contribution in [1.29, 1.82) is 0 Å². The van der Waals surface area contributed by atoms with Crippen LogP contribution in [0.4, 0.5) is 4.39 Å². The summed E-state index contributed by atoms with van der Waals surface area (Å²) in [7, 11) is 1.54. The van der Waals surface area contributed by atoms with Gasteiger partial charge in [-0.1, -0.05) is 42.5 Å². The van der Waals surface area contributed by atoms with E-state index in [1.807, 2.05) is 64.1 Å². The molecule has 1 amide bonds. The molecule has 2 saturated heterocycles. The number of morpholine rings is 1. The smallest absolute Gasteiger partial charge is 0.345 e. The number of carboxylic acids is 1. The highest BCUT2D eigenvalue weighted by Crippen LogP contribution is 2.45. The van der Waals surface area contributed by atoms with Gasteiger partial charge in [0.1, 0.15) is 23.0 Å². The first-order valence-corrected chi connectivity index (χ1v) is 18.0. The molecule has 9 nitrogen and oxygen atoms in total. The molecule has 0 atom stereocenters. The number of carbonyl (C=O) groups is 2. The minimum absolute atomic E-state index is 0.00341. The largest absolute Gasteiger partial charge is 0.497 e. The quantitative estimate of drug-likeness (QED) is 0.176. The number of methoxy groups -OCH3 is 1. The van der Waals surface area contributed by atoms with Crippen LogP contribution in [0.2, 0.25) is 0 Å². The Morgan fingerprint density at radius 3 is 2.47 bits per heavy atom. The third kappa shape index (κ3) is 6.37. The normalized spacial score (nSPS) is 15.8. The number of piperidine rings is 1. The Morgan fingerprint density at radius 1 is 0.941 bits per heavy atom. The number of amides is 1. The molecule has 260 valence electrons. The van der Waals surface area contributed by atoms with Crippen LogP contribution in [0.1, 0.15) is 22.5 Å². The molecule has 0 radical (unpaired) electrons. The molecule has 2 fully saturated rings. The lowest BCUT2D eigenvalue weighted by Crippen LogP contribution is -2.50.